The maximum absolute atomic E-state index is 4.75. The number of aliphatic imine (C=N–C) groups is 1. The summed E-state index contributed by atoms with van der Waals surface area (Å²) in [4.78, 5) is 4.75. The van der Waals surface area contributed by atoms with Crippen LogP contribution in [0.3, 0.4) is 0 Å². The highest BCUT2D eigenvalue weighted by Gasteiger charge is 2.43. The van der Waals surface area contributed by atoms with Crippen molar-refractivity contribution in [3.63, 3.8) is 0 Å². The normalized spacial score (nSPS) is 21.3. The van der Waals surface area contributed by atoms with Gasteiger partial charge in [-0.05, 0) is 79.2 Å². The van der Waals surface area contributed by atoms with Crippen molar-refractivity contribution in [2.45, 2.75) is 114 Å². The molecule has 0 saturated carbocycles. The van der Waals surface area contributed by atoms with Gasteiger partial charge in [-0.25, -0.2) is 0 Å². The summed E-state index contributed by atoms with van der Waals surface area (Å²) in [6.45, 7) is 32.1. The molecular weight excluding hydrogens is 496 g/mol. The Balaban J connectivity index is 2.25. The lowest BCUT2D eigenvalue weighted by Crippen LogP contribution is -2.41. The number of hydrogen-bond acceptors (Lipinski definition) is 2. The molecule has 0 radical (unpaired) electrons. The predicted molar refractivity (Wildman–Crippen MR) is 185 cm³/mol. The Morgan fingerprint density at radius 3 is 2.24 bits per heavy atom. The highest BCUT2D eigenvalue weighted by Crippen LogP contribution is 2.54. The topological polar surface area (TPSA) is 24.4 Å². The summed E-state index contributed by atoms with van der Waals surface area (Å²) in [6.07, 6.45) is 14.6. The van der Waals surface area contributed by atoms with Crippen molar-refractivity contribution in [2.75, 3.05) is 19.6 Å². The molecule has 1 unspecified atom stereocenters. The molecule has 226 valence electrons. The minimum atomic E-state index is -0.0378. The molecule has 0 aromatic heterocycles. The lowest BCUT2D eigenvalue weighted by Gasteiger charge is -2.47. The Hall–Kier alpha value is -2.45. The second-order valence-corrected chi connectivity index (χ2v) is 13.5. The fraction of sp³-hybridized carbons (Fsp3) is 0.564. The number of nitrogens with one attached hydrogen (secondary N) is 1. The molecule has 0 heterocycles. The molecule has 2 heteroatoms. The molecule has 1 aromatic rings. The summed E-state index contributed by atoms with van der Waals surface area (Å²) in [6, 6.07) is 9.38. The van der Waals surface area contributed by atoms with E-state index in [9.17, 15) is 0 Å². The highest BCUT2D eigenvalue weighted by molar-refractivity contribution is 5.85. The number of hydrogen-bond donors (Lipinski definition) is 1. The van der Waals surface area contributed by atoms with Crippen LogP contribution in [0.15, 0.2) is 81.9 Å². The van der Waals surface area contributed by atoms with Gasteiger partial charge in [-0.3, -0.25) is 4.99 Å². The number of rotatable bonds is 14. The van der Waals surface area contributed by atoms with Gasteiger partial charge in [0.05, 0.1) is 6.54 Å². The van der Waals surface area contributed by atoms with Crippen molar-refractivity contribution in [3.05, 3.63) is 88.1 Å². The molecule has 1 N–H and O–H groups in total. The van der Waals surface area contributed by atoms with E-state index in [-0.39, 0.29) is 16.2 Å². The second-order valence-electron chi connectivity index (χ2n) is 13.5. The van der Waals surface area contributed by atoms with E-state index in [1.54, 1.807) is 5.57 Å². The molecule has 0 aliphatic heterocycles. The van der Waals surface area contributed by atoms with Crippen LogP contribution in [0.4, 0.5) is 0 Å². The maximum Gasteiger partial charge on any atom is 0.0597 e. The van der Waals surface area contributed by atoms with E-state index >= 15 is 0 Å². The average molecular weight is 557 g/mol. The standard InChI is InChI=1S/C39H60N2/c1-13-17-29(5)25-40-27-34(30(6)15-3)31(7)26-41-28-39(12)24-23-35(38(10,11)36(39)18-14-2)32-19-21-33(22-20-32)37(8,9)16-4/h17-23,27,41H,7,13-16,24-26,28H2,1-6,8-12H3/b29-17+,34-30+,36-18-,40-27?. The van der Waals surface area contributed by atoms with Crippen LogP contribution in [0.1, 0.15) is 119 Å². The highest BCUT2D eigenvalue weighted by atomic mass is 14.9. The molecule has 41 heavy (non-hydrogen) atoms. The van der Waals surface area contributed by atoms with E-state index < -0.39 is 0 Å². The van der Waals surface area contributed by atoms with Gasteiger partial charge in [-0.15, -0.1) is 0 Å². The van der Waals surface area contributed by atoms with Gasteiger partial charge in [0, 0.05) is 30.1 Å². The van der Waals surface area contributed by atoms with Crippen LogP contribution >= 0.6 is 0 Å². The minimum Gasteiger partial charge on any atom is -0.312 e. The van der Waals surface area contributed by atoms with Crippen LogP contribution < -0.4 is 5.32 Å². The zero-order valence-electron chi connectivity index (χ0n) is 28.4. The van der Waals surface area contributed by atoms with Gasteiger partial charge >= 0.3 is 0 Å². The minimum absolute atomic E-state index is 0.0378. The molecule has 2 nitrogen and oxygen atoms in total. The summed E-state index contributed by atoms with van der Waals surface area (Å²) >= 11 is 0. The van der Waals surface area contributed by atoms with Crippen LogP contribution in [0.2, 0.25) is 0 Å². The SMILES string of the molecule is C=C(CNCC1(C)CC=C(c2ccc(C(C)(C)CC)cc2)C(C)(C)/C1=C/CC)/C(C=NC/C(C)=C/CC)=C(\C)CC. The molecule has 0 saturated heterocycles. The number of benzene rings is 1. The van der Waals surface area contributed by atoms with Crippen LogP contribution in [0.5, 0.6) is 0 Å². The van der Waals surface area contributed by atoms with E-state index in [0.29, 0.717) is 0 Å². The monoisotopic (exact) mass is 556 g/mol. The van der Waals surface area contributed by atoms with Crippen molar-refractivity contribution >= 4 is 11.8 Å². The Labute approximate surface area is 253 Å². The van der Waals surface area contributed by atoms with Crippen molar-refractivity contribution < 1.29 is 0 Å². The molecule has 1 atom stereocenters. The first-order chi connectivity index (χ1) is 19.3. The molecule has 0 amide bonds. The molecule has 0 fully saturated rings. The Kier molecular flexibility index (Phi) is 12.8. The van der Waals surface area contributed by atoms with Crippen LogP contribution in [0.25, 0.3) is 5.57 Å². The van der Waals surface area contributed by atoms with Crippen molar-refractivity contribution in [2.24, 2.45) is 15.8 Å². The first-order valence-electron chi connectivity index (χ1n) is 16.0. The zero-order chi connectivity index (χ0) is 30.8. The van der Waals surface area contributed by atoms with Crippen molar-refractivity contribution in [1.82, 2.24) is 5.32 Å². The van der Waals surface area contributed by atoms with Crippen molar-refractivity contribution in [1.29, 1.82) is 0 Å². The van der Waals surface area contributed by atoms with Crippen molar-refractivity contribution in [3.8, 4) is 0 Å². The maximum atomic E-state index is 4.75. The second kappa shape index (κ2) is 15.1. The molecule has 0 bridgehead atoms. The van der Waals surface area contributed by atoms with Crippen LogP contribution in [-0.4, -0.2) is 25.8 Å². The van der Waals surface area contributed by atoms with Gasteiger partial charge in [0.15, 0.2) is 0 Å². The van der Waals surface area contributed by atoms with Gasteiger partial charge in [-0.2, -0.15) is 0 Å². The van der Waals surface area contributed by atoms with E-state index in [1.807, 2.05) is 6.21 Å². The number of nitrogens with zero attached hydrogens (tertiary/aromatic N) is 1. The predicted octanol–water partition coefficient (Wildman–Crippen LogP) is 10.8. The van der Waals surface area contributed by atoms with E-state index in [0.717, 1.165) is 57.3 Å². The molecule has 1 aliphatic rings. The summed E-state index contributed by atoms with van der Waals surface area (Å²) in [7, 11) is 0. The zero-order valence-corrected chi connectivity index (χ0v) is 28.4. The lowest BCUT2D eigenvalue weighted by molar-refractivity contribution is 0.308. The fourth-order valence-corrected chi connectivity index (χ4v) is 6.22. The number of allylic oxidation sites excluding steroid dienone is 5. The summed E-state index contributed by atoms with van der Waals surface area (Å²) in [5.41, 5.74) is 11.0. The molecule has 1 aromatic carbocycles. The van der Waals surface area contributed by atoms with Crippen LogP contribution in [-0.2, 0) is 5.41 Å². The van der Waals surface area contributed by atoms with E-state index in [1.165, 1.54) is 33.4 Å². The third-order valence-electron chi connectivity index (χ3n) is 9.36. The fourth-order valence-electron chi connectivity index (χ4n) is 6.22. The van der Waals surface area contributed by atoms with Gasteiger partial charge < -0.3 is 5.32 Å². The summed E-state index contributed by atoms with van der Waals surface area (Å²) in [5.74, 6) is 0. The largest absolute Gasteiger partial charge is 0.312 e. The summed E-state index contributed by atoms with van der Waals surface area (Å²) in [5, 5.41) is 3.81. The molecule has 1 aliphatic carbocycles. The lowest BCUT2D eigenvalue weighted by atomic mass is 9.59. The first-order valence-corrected chi connectivity index (χ1v) is 16.0. The van der Waals surface area contributed by atoms with Gasteiger partial charge in [0.1, 0.15) is 0 Å². The Bertz CT molecular complexity index is 1180. The first kappa shape index (κ1) is 34.7. The Morgan fingerprint density at radius 1 is 1.02 bits per heavy atom. The van der Waals surface area contributed by atoms with Gasteiger partial charge in [0.25, 0.3) is 0 Å². The molecular formula is C39H60N2. The quantitative estimate of drug-likeness (QED) is 0.137. The summed E-state index contributed by atoms with van der Waals surface area (Å²) < 4.78 is 0. The van der Waals surface area contributed by atoms with Crippen LogP contribution in [0, 0.1) is 10.8 Å². The molecule has 2 rings (SSSR count). The Morgan fingerprint density at radius 2 is 1.68 bits per heavy atom. The smallest absolute Gasteiger partial charge is 0.0597 e. The third kappa shape index (κ3) is 8.77. The third-order valence-corrected chi connectivity index (χ3v) is 9.36. The van der Waals surface area contributed by atoms with Gasteiger partial charge in [-0.1, -0.05) is 128 Å². The average Bonchev–Trinajstić information content (AvgIpc) is 2.93. The van der Waals surface area contributed by atoms with E-state index in [2.05, 4.69) is 131 Å². The van der Waals surface area contributed by atoms with E-state index in [4.69, 9.17) is 4.99 Å². The van der Waals surface area contributed by atoms with Gasteiger partial charge in [0.2, 0.25) is 0 Å². The molecule has 0 spiro atoms.